The average Bonchev–Trinajstić information content (AvgIpc) is 3.04. The highest BCUT2D eigenvalue weighted by atomic mass is 31.2. The topological polar surface area (TPSA) is 9.23 Å². The van der Waals surface area contributed by atoms with E-state index in [1.807, 2.05) is 0 Å². The van der Waals surface area contributed by atoms with Crippen molar-refractivity contribution in [3.05, 3.63) is 177 Å². The molecular formula is C37H30OP2. The van der Waals surface area contributed by atoms with E-state index in [1.165, 1.54) is 26.5 Å². The van der Waals surface area contributed by atoms with Crippen molar-refractivity contribution in [1.29, 1.82) is 0 Å². The molecule has 0 radical (unpaired) electrons. The summed E-state index contributed by atoms with van der Waals surface area (Å²) in [6, 6.07) is 59.8. The van der Waals surface area contributed by atoms with Crippen LogP contribution in [0.3, 0.4) is 0 Å². The van der Waals surface area contributed by atoms with Crippen LogP contribution < -0.4 is 36.6 Å². The highest BCUT2D eigenvalue weighted by molar-refractivity contribution is 7.96. The average molecular weight is 553 g/mol. The maximum Gasteiger partial charge on any atom is 0.167 e. The molecule has 0 spiro atoms. The zero-order valence-electron chi connectivity index (χ0n) is 22.2. The van der Waals surface area contributed by atoms with Gasteiger partial charge in [0.15, 0.2) is 5.75 Å². The lowest BCUT2D eigenvalue weighted by Crippen LogP contribution is -2.30. The molecule has 1 nitrogen and oxygen atoms in total. The number of hydrogen-bond donors (Lipinski definition) is 0. The fourth-order valence-corrected chi connectivity index (χ4v) is 10.5. The lowest BCUT2D eigenvalue weighted by molar-refractivity contribution is 0.490. The summed E-state index contributed by atoms with van der Waals surface area (Å²) in [5.74, 6) is 1.73. The van der Waals surface area contributed by atoms with E-state index in [0.29, 0.717) is 0 Å². The van der Waals surface area contributed by atoms with E-state index in [-0.39, 0.29) is 0 Å². The van der Waals surface area contributed by atoms with Gasteiger partial charge >= 0.3 is 0 Å². The summed E-state index contributed by atoms with van der Waals surface area (Å²) in [4.78, 5) is 0. The van der Waals surface area contributed by atoms with Crippen molar-refractivity contribution in [2.75, 3.05) is 0 Å². The van der Waals surface area contributed by atoms with Gasteiger partial charge in [-0.25, -0.2) is 0 Å². The van der Waals surface area contributed by atoms with Crippen LogP contribution in [-0.4, -0.2) is 0 Å². The van der Waals surface area contributed by atoms with Gasteiger partial charge in [-0.3, -0.25) is 0 Å². The van der Waals surface area contributed by atoms with E-state index in [9.17, 15) is 0 Å². The van der Waals surface area contributed by atoms with E-state index < -0.39 is 15.2 Å². The Morgan fingerprint density at radius 1 is 0.425 bits per heavy atom. The van der Waals surface area contributed by atoms with Crippen LogP contribution in [0.5, 0.6) is 11.5 Å². The minimum Gasteiger partial charge on any atom is -0.453 e. The molecule has 0 saturated heterocycles. The molecule has 0 atom stereocenters. The Hall–Kier alpha value is -4.02. The molecule has 0 fully saturated rings. The van der Waals surface area contributed by atoms with E-state index in [4.69, 9.17) is 11.4 Å². The molecule has 6 rings (SSSR count). The van der Waals surface area contributed by atoms with Crippen molar-refractivity contribution >= 4 is 47.0 Å². The van der Waals surface area contributed by atoms with Gasteiger partial charge in [-0.1, -0.05) is 127 Å². The van der Waals surface area contributed by atoms with E-state index in [0.717, 1.165) is 16.8 Å². The van der Waals surface area contributed by atoms with Gasteiger partial charge in [-0.05, 0) is 68.3 Å². The first kappa shape index (κ1) is 26.2. The van der Waals surface area contributed by atoms with Gasteiger partial charge in [0.1, 0.15) is 11.1 Å². The van der Waals surface area contributed by atoms with Gasteiger partial charge in [-0.2, -0.15) is 6.66 Å². The normalized spacial score (nSPS) is 11.3. The fraction of sp³-hybridized carbons (Fsp3) is 0. The number of rotatable bonds is 8. The SMILES string of the molecule is [CH2-][P+](c1ccccc1)(c1ccccc1)c1ccccc1Oc1ccccc1P(c1ccccc1)c1ccccc1. The fourth-order valence-electron chi connectivity index (χ4n) is 5.08. The number of para-hydroxylation sites is 2. The second-order valence-electron chi connectivity index (χ2n) is 9.52. The zero-order chi connectivity index (χ0) is 27.2. The smallest absolute Gasteiger partial charge is 0.167 e. The molecule has 0 N–H and O–H groups in total. The summed E-state index contributed by atoms with van der Waals surface area (Å²) in [5, 5.41) is 7.35. The van der Waals surface area contributed by atoms with Gasteiger partial charge in [0, 0.05) is 5.30 Å². The molecule has 0 saturated carbocycles. The van der Waals surface area contributed by atoms with Crippen LogP contribution in [0.1, 0.15) is 0 Å². The van der Waals surface area contributed by atoms with Crippen molar-refractivity contribution < 1.29 is 4.74 Å². The van der Waals surface area contributed by atoms with Crippen LogP contribution in [0.15, 0.2) is 170 Å². The second-order valence-corrected chi connectivity index (χ2v) is 14.8. The summed E-state index contributed by atoms with van der Waals surface area (Å²) in [5.41, 5.74) is 0. The van der Waals surface area contributed by atoms with Crippen molar-refractivity contribution in [3.8, 4) is 11.5 Å². The first-order valence-corrected chi connectivity index (χ1v) is 16.7. The monoisotopic (exact) mass is 552 g/mol. The summed E-state index contributed by atoms with van der Waals surface area (Å²) in [7, 11) is -3.05. The molecule has 6 aromatic rings. The van der Waals surface area contributed by atoms with Crippen molar-refractivity contribution in [2.24, 2.45) is 0 Å². The van der Waals surface area contributed by atoms with Crippen LogP contribution in [0, 0.1) is 6.66 Å². The van der Waals surface area contributed by atoms with Gasteiger partial charge in [-0.15, -0.1) is 0 Å². The molecule has 194 valence electrons. The van der Waals surface area contributed by atoms with Crippen LogP contribution in [0.4, 0.5) is 0 Å². The third kappa shape index (κ3) is 5.24. The summed E-state index contributed by atoms with van der Waals surface area (Å²) in [6.07, 6.45) is 0. The van der Waals surface area contributed by atoms with Crippen LogP contribution in [0.25, 0.3) is 0 Å². The van der Waals surface area contributed by atoms with Gasteiger partial charge in [0.05, 0.1) is 10.6 Å². The Labute approximate surface area is 239 Å². The zero-order valence-corrected chi connectivity index (χ0v) is 24.0. The lowest BCUT2D eigenvalue weighted by atomic mass is 10.3. The Morgan fingerprint density at radius 3 is 1.35 bits per heavy atom. The highest BCUT2D eigenvalue weighted by Crippen LogP contribution is 2.56. The van der Waals surface area contributed by atoms with Gasteiger partial charge in [0.2, 0.25) is 0 Å². The molecule has 0 unspecified atom stereocenters. The molecule has 0 aromatic heterocycles. The molecule has 0 aliphatic carbocycles. The maximum absolute atomic E-state index is 6.96. The summed E-state index contributed by atoms with van der Waals surface area (Å²) < 4.78 is 6.96. The molecule has 0 heterocycles. The Bertz CT molecular complexity index is 1590. The lowest BCUT2D eigenvalue weighted by Gasteiger charge is -2.31. The predicted octanol–water partition coefficient (Wildman–Crippen LogP) is 7.32. The van der Waals surface area contributed by atoms with E-state index in [2.05, 4.69) is 170 Å². The molecule has 0 amide bonds. The third-order valence-corrected chi connectivity index (χ3v) is 13.1. The van der Waals surface area contributed by atoms with E-state index >= 15 is 0 Å². The standard InChI is InChI=1S/C37H30OP2/c1-40(32-22-10-4-11-23-32,33-24-12-5-13-25-33)37-29-17-15-27-35(37)38-34-26-14-16-28-36(34)39(30-18-6-2-7-19-30)31-20-8-3-9-21-31/h2-29H,1H2. The third-order valence-electron chi connectivity index (χ3n) is 7.03. The van der Waals surface area contributed by atoms with Crippen molar-refractivity contribution in [3.63, 3.8) is 0 Å². The molecule has 0 aliphatic rings. The predicted molar refractivity (Wildman–Crippen MR) is 176 cm³/mol. The molecule has 3 heteroatoms. The maximum atomic E-state index is 6.96. The molecule has 6 aromatic carbocycles. The summed E-state index contributed by atoms with van der Waals surface area (Å²) in [6.45, 7) is 4.97. The van der Waals surface area contributed by atoms with Crippen molar-refractivity contribution in [2.45, 2.75) is 0 Å². The first-order chi connectivity index (χ1) is 19.7. The molecule has 40 heavy (non-hydrogen) atoms. The van der Waals surface area contributed by atoms with E-state index in [1.54, 1.807) is 0 Å². The second kappa shape index (κ2) is 12.0. The Morgan fingerprint density at radius 2 is 0.825 bits per heavy atom. The molecule has 0 bridgehead atoms. The first-order valence-electron chi connectivity index (χ1n) is 13.4. The van der Waals surface area contributed by atoms with Crippen molar-refractivity contribution in [1.82, 2.24) is 0 Å². The number of hydrogen-bond acceptors (Lipinski definition) is 1. The van der Waals surface area contributed by atoms with Crippen LogP contribution in [0.2, 0.25) is 0 Å². The van der Waals surface area contributed by atoms with Crippen LogP contribution >= 0.6 is 15.2 Å². The largest absolute Gasteiger partial charge is 0.453 e. The molecular weight excluding hydrogens is 522 g/mol. The minimum atomic E-state index is -2.23. The number of ether oxygens (including phenoxy) is 1. The summed E-state index contributed by atoms with van der Waals surface area (Å²) >= 11 is 0. The molecule has 0 aliphatic heterocycles. The quantitative estimate of drug-likeness (QED) is 0.142. The Balaban J connectivity index is 1.50. The van der Waals surface area contributed by atoms with Crippen LogP contribution in [-0.2, 0) is 0 Å². The number of benzene rings is 6. The highest BCUT2D eigenvalue weighted by Gasteiger charge is 2.36. The Kier molecular flexibility index (Phi) is 7.87. The minimum absolute atomic E-state index is 0.820. The van der Waals surface area contributed by atoms with Gasteiger partial charge in [0.25, 0.3) is 0 Å². The van der Waals surface area contributed by atoms with Gasteiger partial charge < -0.3 is 4.74 Å².